The molecule has 1 heterocycles. The quantitative estimate of drug-likeness (QED) is 0.926. The maximum Gasteiger partial charge on any atom is 0.136 e. The van der Waals surface area contributed by atoms with Crippen LogP contribution in [-0.4, -0.2) is 26.3 Å². The lowest BCUT2D eigenvalue weighted by molar-refractivity contribution is 0.162. The maximum atomic E-state index is 5.91. The molecule has 0 radical (unpaired) electrons. The second kappa shape index (κ2) is 5.55. The number of rotatable bonds is 3. The molecular formula is C12H16BrNO2. The Bertz CT molecular complexity index is 351. The van der Waals surface area contributed by atoms with E-state index in [0.717, 1.165) is 41.9 Å². The molecule has 0 bridgehead atoms. The average molecular weight is 286 g/mol. The highest BCUT2D eigenvalue weighted by atomic mass is 79.9. The molecule has 1 aromatic carbocycles. The summed E-state index contributed by atoms with van der Waals surface area (Å²) >= 11 is 3.43. The zero-order valence-electron chi connectivity index (χ0n) is 9.33. The molecule has 16 heavy (non-hydrogen) atoms. The molecule has 1 saturated heterocycles. The number of hydrogen-bond donors (Lipinski definition) is 1. The zero-order chi connectivity index (χ0) is 11.4. The number of benzene rings is 1. The fourth-order valence-electron chi connectivity index (χ4n) is 1.82. The predicted molar refractivity (Wildman–Crippen MR) is 67.2 cm³/mol. The first-order valence-corrected chi connectivity index (χ1v) is 6.30. The lowest BCUT2D eigenvalue weighted by Crippen LogP contribution is -2.34. The lowest BCUT2D eigenvalue weighted by Gasteiger charge is -2.24. The first-order chi connectivity index (χ1) is 7.79. The normalized spacial score (nSPS) is 17.1. The number of halogens is 1. The van der Waals surface area contributed by atoms with E-state index in [1.54, 1.807) is 7.11 Å². The monoisotopic (exact) mass is 285 g/mol. The largest absolute Gasteiger partial charge is 0.495 e. The van der Waals surface area contributed by atoms with Gasteiger partial charge in [0.1, 0.15) is 17.6 Å². The third-order valence-electron chi connectivity index (χ3n) is 2.71. The second-order valence-electron chi connectivity index (χ2n) is 3.86. The molecular weight excluding hydrogens is 270 g/mol. The number of piperidine rings is 1. The van der Waals surface area contributed by atoms with Crippen molar-refractivity contribution in [1.29, 1.82) is 0 Å². The van der Waals surface area contributed by atoms with Crippen molar-refractivity contribution < 1.29 is 9.47 Å². The van der Waals surface area contributed by atoms with Crippen molar-refractivity contribution in [3.8, 4) is 11.5 Å². The minimum atomic E-state index is 0.326. The maximum absolute atomic E-state index is 5.91. The van der Waals surface area contributed by atoms with Crippen molar-refractivity contribution in [2.45, 2.75) is 18.9 Å². The van der Waals surface area contributed by atoms with Gasteiger partial charge < -0.3 is 14.8 Å². The predicted octanol–water partition coefficient (Wildman–Crippen LogP) is 2.59. The van der Waals surface area contributed by atoms with Gasteiger partial charge in [-0.15, -0.1) is 0 Å². The Morgan fingerprint density at radius 3 is 2.75 bits per heavy atom. The van der Waals surface area contributed by atoms with Crippen LogP contribution < -0.4 is 14.8 Å². The summed E-state index contributed by atoms with van der Waals surface area (Å²) < 4.78 is 12.1. The zero-order valence-corrected chi connectivity index (χ0v) is 10.9. The van der Waals surface area contributed by atoms with E-state index in [4.69, 9.17) is 9.47 Å². The summed E-state index contributed by atoms with van der Waals surface area (Å²) in [5.74, 6) is 1.69. The van der Waals surface area contributed by atoms with E-state index >= 15 is 0 Å². The van der Waals surface area contributed by atoms with Crippen LogP contribution in [0.3, 0.4) is 0 Å². The van der Waals surface area contributed by atoms with Crippen LogP contribution in [-0.2, 0) is 0 Å². The van der Waals surface area contributed by atoms with Gasteiger partial charge in [-0.1, -0.05) is 0 Å². The van der Waals surface area contributed by atoms with Crippen LogP contribution in [0.1, 0.15) is 12.8 Å². The number of methoxy groups -OCH3 is 1. The molecule has 4 heteroatoms. The fraction of sp³-hybridized carbons (Fsp3) is 0.500. The minimum Gasteiger partial charge on any atom is -0.495 e. The first kappa shape index (κ1) is 11.7. The Morgan fingerprint density at radius 2 is 2.06 bits per heavy atom. The number of hydrogen-bond acceptors (Lipinski definition) is 3. The summed E-state index contributed by atoms with van der Waals surface area (Å²) in [6, 6.07) is 5.84. The smallest absolute Gasteiger partial charge is 0.136 e. The van der Waals surface area contributed by atoms with Gasteiger partial charge in [-0.2, -0.15) is 0 Å². The standard InChI is InChI=1S/C12H16BrNO2/c1-15-12-8-10(2-3-11(12)13)16-9-4-6-14-7-5-9/h2-3,8-9,14H,4-7H2,1H3. The fourth-order valence-corrected chi connectivity index (χ4v) is 2.23. The van der Waals surface area contributed by atoms with E-state index in [9.17, 15) is 0 Å². The van der Waals surface area contributed by atoms with E-state index in [2.05, 4.69) is 21.2 Å². The summed E-state index contributed by atoms with van der Waals surface area (Å²) in [6.45, 7) is 2.08. The summed E-state index contributed by atoms with van der Waals surface area (Å²) in [7, 11) is 1.66. The van der Waals surface area contributed by atoms with E-state index in [1.807, 2.05) is 18.2 Å². The topological polar surface area (TPSA) is 30.5 Å². The van der Waals surface area contributed by atoms with Crippen molar-refractivity contribution >= 4 is 15.9 Å². The molecule has 0 aliphatic carbocycles. The Morgan fingerprint density at radius 1 is 1.31 bits per heavy atom. The van der Waals surface area contributed by atoms with Crippen LogP contribution >= 0.6 is 15.9 Å². The molecule has 1 fully saturated rings. The van der Waals surface area contributed by atoms with Gasteiger partial charge in [-0.25, -0.2) is 0 Å². The van der Waals surface area contributed by atoms with Crippen LogP contribution in [0.2, 0.25) is 0 Å². The van der Waals surface area contributed by atoms with Crippen molar-refractivity contribution in [2.75, 3.05) is 20.2 Å². The molecule has 2 rings (SSSR count). The Kier molecular flexibility index (Phi) is 4.07. The van der Waals surface area contributed by atoms with Gasteiger partial charge in [0.2, 0.25) is 0 Å². The van der Waals surface area contributed by atoms with Gasteiger partial charge in [-0.3, -0.25) is 0 Å². The van der Waals surface area contributed by atoms with E-state index in [-0.39, 0.29) is 0 Å². The highest BCUT2D eigenvalue weighted by Crippen LogP contribution is 2.30. The van der Waals surface area contributed by atoms with E-state index in [0.29, 0.717) is 6.10 Å². The SMILES string of the molecule is COc1cc(OC2CCNCC2)ccc1Br. The molecule has 0 atom stereocenters. The van der Waals surface area contributed by atoms with Gasteiger partial charge in [0.05, 0.1) is 11.6 Å². The summed E-state index contributed by atoms with van der Waals surface area (Å²) in [6.07, 6.45) is 2.46. The highest BCUT2D eigenvalue weighted by molar-refractivity contribution is 9.10. The van der Waals surface area contributed by atoms with Crippen molar-refractivity contribution in [3.05, 3.63) is 22.7 Å². The molecule has 3 nitrogen and oxygen atoms in total. The van der Waals surface area contributed by atoms with Crippen LogP contribution in [0.5, 0.6) is 11.5 Å². The third kappa shape index (κ3) is 2.89. The highest BCUT2D eigenvalue weighted by Gasteiger charge is 2.14. The Hall–Kier alpha value is -0.740. The van der Waals surface area contributed by atoms with Gasteiger partial charge in [0, 0.05) is 6.07 Å². The molecule has 1 N–H and O–H groups in total. The van der Waals surface area contributed by atoms with Crippen LogP contribution in [0.4, 0.5) is 0 Å². The number of nitrogens with one attached hydrogen (secondary N) is 1. The van der Waals surface area contributed by atoms with Gasteiger partial charge >= 0.3 is 0 Å². The minimum absolute atomic E-state index is 0.326. The summed E-state index contributed by atoms with van der Waals surface area (Å²) in [4.78, 5) is 0. The number of ether oxygens (including phenoxy) is 2. The van der Waals surface area contributed by atoms with Crippen LogP contribution in [0.25, 0.3) is 0 Å². The molecule has 88 valence electrons. The van der Waals surface area contributed by atoms with Crippen molar-refractivity contribution in [1.82, 2.24) is 5.32 Å². The summed E-state index contributed by atoms with van der Waals surface area (Å²) in [5.41, 5.74) is 0. The molecule has 1 aliphatic rings. The van der Waals surface area contributed by atoms with Crippen molar-refractivity contribution in [2.24, 2.45) is 0 Å². The molecule has 0 unspecified atom stereocenters. The molecule has 0 saturated carbocycles. The molecule has 1 aromatic rings. The molecule has 0 spiro atoms. The molecule has 1 aliphatic heterocycles. The van der Waals surface area contributed by atoms with Gasteiger partial charge in [-0.05, 0) is 54.0 Å². The second-order valence-corrected chi connectivity index (χ2v) is 4.72. The Labute approximate surface area is 104 Å². The molecule has 0 amide bonds. The van der Waals surface area contributed by atoms with E-state index in [1.165, 1.54) is 0 Å². The summed E-state index contributed by atoms with van der Waals surface area (Å²) in [5, 5.41) is 3.32. The lowest BCUT2D eigenvalue weighted by atomic mass is 10.1. The van der Waals surface area contributed by atoms with Crippen molar-refractivity contribution in [3.63, 3.8) is 0 Å². The third-order valence-corrected chi connectivity index (χ3v) is 3.37. The van der Waals surface area contributed by atoms with Gasteiger partial charge in [0.25, 0.3) is 0 Å². The van der Waals surface area contributed by atoms with Crippen LogP contribution in [0, 0.1) is 0 Å². The average Bonchev–Trinajstić information content (AvgIpc) is 2.33. The van der Waals surface area contributed by atoms with Gasteiger partial charge in [0.15, 0.2) is 0 Å². The first-order valence-electron chi connectivity index (χ1n) is 5.50. The van der Waals surface area contributed by atoms with E-state index < -0.39 is 0 Å². The van der Waals surface area contributed by atoms with Crippen LogP contribution in [0.15, 0.2) is 22.7 Å². The molecule has 0 aromatic heterocycles. The Balaban J connectivity index is 2.03.